The Balaban J connectivity index is 1.66. The fraction of sp³-hybridized carbons (Fsp3) is 0.190. The summed E-state index contributed by atoms with van der Waals surface area (Å²) in [5, 5.41) is 11.9. The number of carbonyl (C=O) groups is 1. The molecule has 0 radical (unpaired) electrons. The normalized spacial score (nSPS) is 11.5. The number of nitrogens with one attached hydrogen (secondary N) is 2. The van der Waals surface area contributed by atoms with E-state index in [0.717, 1.165) is 0 Å². The van der Waals surface area contributed by atoms with Gasteiger partial charge in [-0.05, 0) is 48.8 Å². The first-order valence-electron chi connectivity index (χ1n) is 9.68. The predicted octanol–water partition coefficient (Wildman–Crippen LogP) is 6.37. The second-order valence-corrected chi connectivity index (χ2v) is 9.57. The number of benzene rings is 1. The summed E-state index contributed by atoms with van der Waals surface area (Å²) in [5.74, 6) is 1.17. The third-order valence-electron chi connectivity index (χ3n) is 4.21. The van der Waals surface area contributed by atoms with Gasteiger partial charge in [-0.2, -0.15) is 5.10 Å². The van der Waals surface area contributed by atoms with E-state index in [1.165, 1.54) is 6.33 Å². The molecule has 3 aromatic heterocycles. The molecule has 0 aliphatic carbocycles. The summed E-state index contributed by atoms with van der Waals surface area (Å²) < 4.78 is 7.55. The molecule has 4 rings (SSSR count). The lowest BCUT2D eigenvalue weighted by atomic mass is 10.2. The number of pyridine rings is 1. The zero-order valence-electron chi connectivity index (χ0n) is 17.7. The Morgan fingerprint density at radius 1 is 1.12 bits per heavy atom. The van der Waals surface area contributed by atoms with E-state index in [1.54, 1.807) is 62.1 Å². The van der Waals surface area contributed by atoms with Crippen LogP contribution >= 0.6 is 39.1 Å². The molecule has 0 aliphatic rings. The van der Waals surface area contributed by atoms with Gasteiger partial charge in [0.05, 0.1) is 19.9 Å². The number of nitrogens with zero attached hydrogens (tertiary/aromatic N) is 5. The van der Waals surface area contributed by atoms with Crippen LogP contribution in [-0.4, -0.2) is 36.4 Å². The molecule has 9 nitrogen and oxygen atoms in total. The number of para-hydroxylation sites is 1. The van der Waals surface area contributed by atoms with Gasteiger partial charge in [0.25, 0.3) is 0 Å². The van der Waals surface area contributed by atoms with Crippen LogP contribution in [0.1, 0.15) is 20.8 Å². The van der Waals surface area contributed by atoms with E-state index in [2.05, 4.69) is 46.6 Å². The highest BCUT2D eigenvalue weighted by molar-refractivity contribution is 9.10. The minimum Gasteiger partial charge on any atom is -0.444 e. The summed E-state index contributed by atoms with van der Waals surface area (Å²) in [5.41, 5.74) is 0.570. The molecule has 1 amide bonds. The first kappa shape index (κ1) is 23.2. The number of hydrogen-bond acceptors (Lipinski definition) is 7. The molecule has 0 bridgehead atoms. The van der Waals surface area contributed by atoms with E-state index in [0.29, 0.717) is 42.7 Å². The molecule has 0 saturated carbocycles. The number of hydrogen-bond donors (Lipinski definition) is 2. The Hall–Kier alpha value is -2.95. The van der Waals surface area contributed by atoms with Gasteiger partial charge in [-0.1, -0.05) is 29.3 Å². The lowest BCUT2D eigenvalue weighted by Gasteiger charge is -2.19. The van der Waals surface area contributed by atoms with Crippen molar-refractivity contribution in [2.75, 3.05) is 10.6 Å². The van der Waals surface area contributed by atoms with Crippen LogP contribution in [0.2, 0.25) is 10.0 Å². The van der Waals surface area contributed by atoms with Gasteiger partial charge in [0.1, 0.15) is 40.6 Å². The molecule has 0 spiro atoms. The minimum absolute atomic E-state index is 0.272. The van der Waals surface area contributed by atoms with Crippen LogP contribution in [0.25, 0.3) is 16.6 Å². The number of amides is 1. The van der Waals surface area contributed by atoms with Gasteiger partial charge in [0.2, 0.25) is 0 Å². The molecular formula is C21H18BrCl2N7O2. The SMILES string of the molecule is CC(C)(C)OC(=O)Nc1cc(Nc2ncc(Br)c3nn(-c4c(Cl)cccc4Cl)cc23)ncn1. The maximum atomic E-state index is 12.0. The van der Waals surface area contributed by atoms with Crippen LogP contribution in [0.3, 0.4) is 0 Å². The van der Waals surface area contributed by atoms with Crippen LogP contribution < -0.4 is 10.6 Å². The largest absolute Gasteiger partial charge is 0.444 e. The molecule has 1 aromatic carbocycles. The third-order valence-corrected chi connectivity index (χ3v) is 5.40. The average Bonchev–Trinajstić information content (AvgIpc) is 3.15. The van der Waals surface area contributed by atoms with E-state index in [-0.39, 0.29) is 5.82 Å². The Bertz CT molecular complexity index is 1330. The lowest BCUT2D eigenvalue weighted by Crippen LogP contribution is -2.27. The van der Waals surface area contributed by atoms with Crippen LogP contribution in [0.4, 0.5) is 22.2 Å². The first-order chi connectivity index (χ1) is 15.6. The number of aromatic nitrogens is 5. The minimum atomic E-state index is -0.629. The van der Waals surface area contributed by atoms with E-state index < -0.39 is 11.7 Å². The summed E-state index contributed by atoms with van der Waals surface area (Å²) in [6, 6.07) is 6.80. The summed E-state index contributed by atoms with van der Waals surface area (Å²) in [6.45, 7) is 5.33. The summed E-state index contributed by atoms with van der Waals surface area (Å²) in [6.07, 6.45) is 4.09. The van der Waals surface area contributed by atoms with Gasteiger partial charge in [-0.25, -0.2) is 24.4 Å². The fourth-order valence-electron chi connectivity index (χ4n) is 2.92. The average molecular weight is 551 g/mol. The monoisotopic (exact) mass is 549 g/mol. The Morgan fingerprint density at radius 2 is 1.82 bits per heavy atom. The van der Waals surface area contributed by atoms with E-state index >= 15 is 0 Å². The van der Waals surface area contributed by atoms with Crippen molar-refractivity contribution in [3.63, 3.8) is 0 Å². The molecule has 0 atom stereocenters. The number of halogens is 3. The van der Waals surface area contributed by atoms with Crippen molar-refractivity contribution in [1.29, 1.82) is 0 Å². The van der Waals surface area contributed by atoms with Crippen molar-refractivity contribution in [1.82, 2.24) is 24.7 Å². The van der Waals surface area contributed by atoms with Gasteiger partial charge in [-0.15, -0.1) is 0 Å². The van der Waals surface area contributed by atoms with Gasteiger partial charge in [-0.3, -0.25) is 5.32 Å². The van der Waals surface area contributed by atoms with E-state index in [4.69, 9.17) is 27.9 Å². The van der Waals surface area contributed by atoms with Gasteiger partial charge >= 0.3 is 6.09 Å². The number of carbonyl (C=O) groups excluding carboxylic acids is 1. The lowest BCUT2D eigenvalue weighted by molar-refractivity contribution is 0.0635. The number of rotatable bonds is 4. The Labute approximate surface area is 207 Å². The Morgan fingerprint density at radius 3 is 2.52 bits per heavy atom. The number of anilines is 3. The standard InChI is InChI=1S/C21H18BrCl2N7O2/c1-21(2,3)33-20(32)29-16-7-15(26-10-27-16)28-19-11-9-31(30-17(11)12(22)8-25-19)18-13(23)5-4-6-14(18)24/h4-10H,1-3H3,(H2,25,26,27,28,29,32). The third kappa shape index (κ3) is 5.35. The van der Waals surface area contributed by atoms with Crippen molar-refractivity contribution in [2.45, 2.75) is 26.4 Å². The van der Waals surface area contributed by atoms with Crippen molar-refractivity contribution in [2.24, 2.45) is 0 Å². The molecule has 33 heavy (non-hydrogen) atoms. The first-order valence-corrected chi connectivity index (χ1v) is 11.2. The van der Waals surface area contributed by atoms with Gasteiger partial charge < -0.3 is 10.1 Å². The molecule has 0 fully saturated rings. The molecule has 3 heterocycles. The van der Waals surface area contributed by atoms with Crippen LogP contribution in [0, 0.1) is 0 Å². The maximum absolute atomic E-state index is 12.0. The maximum Gasteiger partial charge on any atom is 0.413 e. The molecule has 2 N–H and O–H groups in total. The van der Waals surface area contributed by atoms with Gasteiger partial charge in [0.15, 0.2) is 0 Å². The fourth-order valence-corrected chi connectivity index (χ4v) is 3.89. The van der Waals surface area contributed by atoms with E-state index in [9.17, 15) is 4.79 Å². The Kier molecular flexibility index (Phi) is 6.42. The molecule has 4 aromatic rings. The van der Waals surface area contributed by atoms with Crippen molar-refractivity contribution < 1.29 is 9.53 Å². The molecule has 12 heteroatoms. The molecular weight excluding hydrogens is 533 g/mol. The van der Waals surface area contributed by atoms with Crippen LogP contribution in [0.15, 0.2) is 47.5 Å². The van der Waals surface area contributed by atoms with Gasteiger partial charge in [0, 0.05) is 18.5 Å². The smallest absolute Gasteiger partial charge is 0.413 e. The molecule has 0 saturated heterocycles. The highest BCUT2D eigenvalue weighted by atomic mass is 79.9. The van der Waals surface area contributed by atoms with E-state index in [1.807, 2.05) is 0 Å². The van der Waals surface area contributed by atoms with Crippen molar-refractivity contribution >= 4 is 73.6 Å². The second kappa shape index (κ2) is 9.12. The zero-order chi connectivity index (χ0) is 23.8. The quantitative estimate of drug-likeness (QED) is 0.304. The number of ether oxygens (including phenoxy) is 1. The number of fused-ring (bicyclic) bond motifs is 1. The second-order valence-electron chi connectivity index (χ2n) is 7.90. The molecule has 170 valence electrons. The van der Waals surface area contributed by atoms with Crippen LogP contribution in [-0.2, 0) is 4.74 Å². The molecule has 0 unspecified atom stereocenters. The topological polar surface area (TPSA) is 107 Å². The van der Waals surface area contributed by atoms with Crippen LogP contribution in [0.5, 0.6) is 0 Å². The zero-order valence-corrected chi connectivity index (χ0v) is 20.8. The van der Waals surface area contributed by atoms with Crippen molar-refractivity contribution in [3.05, 3.63) is 57.5 Å². The summed E-state index contributed by atoms with van der Waals surface area (Å²) in [4.78, 5) is 24.7. The van der Waals surface area contributed by atoms with Crippen molar-refractivity contribution in [3.8, 4) is 5.69 Å². The summed E-state index contributed by atoms with van der Waals surface area (Å²) >= 11 is 16.2. The molecule has 0 aliphatic heterocycles. The highest BCUT2D eigenvalue weighted by Gasteiger charge is 2.18. The highest BCUT2D eigenvalue weighted by Crippen LogP contribution is 2.33. The summed E-state index contributed by atoms with van der Waals surface area (Å²) in [7, 11) is 0. The predicted molar refractivity (Wildman–Crippen MR) is 132 cm³/mol.